The van der Waals surface area contributed by atoms with E-state index in [0.29, 0.717) is 17.5 Å². The number of rotatable bonds is 3. The van der Waals surface area contributed by atoms with Crippen molar-refractivity contribution in [3.05, 3.63) is 23.0 Å². The summed E-state index contributed by atoms with van der Waals surface area (Å²) in [4.78, 5) is 14.2. The number of hydrogen-bond acceptors (Lipinski definition) is 10. The van der Waals surface area contributed by atoms with E-state index < -0.39 is 37.3 Å². The zero-order valence-electron chi connectivity index (χ0n) is 13.3. The van der Waals surface area contributed by atoms with Crippen LogP contribution in [-0.4, -0.2) is 84.3 Å². The van der Waals surface area contributed by atoms with Gasteiger partial charge in [0.05, 0.1) is 24.5 Å². The molecular weight excluding hydrogens is 362 g/mol. The summed E-state index contributed by atoms with van der Waals surface area (Å²) in [6, 6.07) is 0. The Morgan fingerprint density at radius 1 is 1.16 bits per heavy atom. The first kappa shape index (κ1) is 23.6. The maximum absolute atomic E-state index is 10.5. The quantitative estimate of drug-likeness (QED) is 0.278. The lowest BCUT2D eigenvalue weighted by molar-refractivity contribution is -0.286. The van der Waals surface area contributed by atoms with E-state index in [1.807, 2.05) is 0 Å². The van der Waals surface area contributed by atoms with Crippen molar-refractivity contribution >= 4 is 18.7 Å². The lowest BCUT2D eigenvalue weighted by atomic mass is 10.00. The minimum absolute atomic E-state index is 0. The van der Waals surface area contributed by atoms with Gasteiger partial charge in [-0.3, -0.25) is 9.78 Å². The van der Waals surface area contributed by atoms with E-state index in [0.717, 1.165) is 0 Å². The zero-order valence-corrected chi connectivity index (χ0v) is 14.1. The molecule has 1 aromatic rings. The summed E-state index contributed by atoms with van der Waals surface area (Å²) in [7, 11) is 0. The number of hydrogen-bond donors (Lipinski definition) is 7. The monoisotopic (exact) mass is 383 g/mol. The second-order valence-corrected chi connectivity index (χ2v) is 5.13. The van der Waals surface area contributed by atoms with Crippen molar-refractivity contribution in [3.63, 3.8) is 0 Å². The van der Waals surface area contributed by atoms with Gasteiger partial charge in [0.25, 0.3) is 0 Å². The second kappa shape index (κ2) is 10.6. The molecule has 2 heterocycles. The van der Waals surface area contributed by atoms with Crippen LogP contribution in [0.4, 0.5) is 0 Å². The maximum Gasteiger partial charge on any atom is 0.184 e. The van der Waals surface area contributed by atoms with Crippen LogP contribution in [0.15, 0.2) is 6.20 Å². The average Bonchev–Trinajstić information content (AvgIpc) is 2.59. The summed E-state index contributed by atoms with van der Waals surface area (Å²) < 4.78 is 4.58. The van der Waals surface area contributed by atoms with Crippen molar-refractivity contribution in [1.82, 2.24) is 4.98 Å². The Morgan fingerprint density at radius 2 is 1.76 bits per heavy atom. The molecule has 0 saturated carbocycles. The molecule has 1 aliphatic heterocycles. The number of ether oxygens (including phenoxy) is 1. The van der Waals surface area contributed by atoms with Gasteiger partial charge in [0, 0.05) is 11.8 Å². The predicted molar refractivity (Wildman–Crippen MR) is 85.2 cm³/mol. The molecule has 0 aromatic carbocycles. The van der Waals surface area contributed by atoms with Crippen LogP contribution in [0.5, 0.6) is 5.75 Å². The summed E-state index contributed by atoms with van der Waals surface area (Å²) in [6.45, 7) is 0.764. The number of aryl methyl sites for hydroxylation is 1. The zero-order chi connectivity index (χ0) is 18.4. The van der Waals surface area contributed by atoms with E-state index in [9.17, 15) is 9.90 Å². The lowest BCUT2D eigenvalue weighted by Gasteiger charge is -2.37. The fourth-order valence-corrected chi connectivity index (χ4v) is 1.99. The number of halogens is 1. The third kappa shape index (κ3) is 5.56. The van der Waals surface area contributed by atoms with Crippen molar-refractivity contribution in [2.24, 2.45) is 0 Å². The Balaban J connectivity index is 0.000000443. The first-order valence-electron chi connectivity index (χ1n) is 7.00. The molecule has 144 valence electrons. The number of aliphatic hydroxyl groups excluding tert-OH is 6. The highest BCUT2D eigenvalue weighted by Gasteiger charge is 2.42. The molecule has 1 unspecified atom stereocenters. The van der Waals surface area contributed by atoms with Crippen LogP contribution in [0.3, 0.4) is 0 Å². The van der Waals surface area contributed by atoms with Crippen molar-refractivity contribution in [2.45, 2.75) is 44.2 Å². The molecule has 7 N–H and O–H groups in total. The highest BCUT2D eigenvalue weighted by atomic mass is 35.5. The van der Waals surface area contributed by atoms with Gasteiger partial charge in [0.15, 0.2) is 12.6 Å². The van der Waals surface area contributed by atoms with Crippen LogP contribution in [0.1, 0.15) is 21.6 Å². The predicted octanol–water partition coefficient (Wildman–Crippen LogP) is -2.40. The molecule has 0 amide bonds. The van der Waals surface area contributed by atoms with E-state index in [-0.39, 0.29) is 30.3 Å². The summed E-state index contributed by atoms with van der Waals surface area (Å²) in [5.41, 5.74) is 0.840. The number of aldehydes is 1. The second-order valence-electron chi connectivity index (χ2n) is 5.13. The first-order chi connectivity index (χ1) is 11.3. The van der Waals surface area contributed by atoms with Gasteiger partial charge in [-0.1, -0.05) is 0 Å². The van der Waals surface area contributed by atoms with Crippen LogP contribution in [0, 0.1) is 6.92 Å². The third-order valence-electron chi connectivity index (χ3n) is 3.51. The highest BCUT2D eigenvalue weighted by molar-refractivity contribution is 5.85. The van der Waals surface area contributed by atoms with Gasteiger partial charge < -0.3 is 40.5 Å². The first-order valence-corrected chi connectivity index (χ1v) is 7.00. The summed E-state index contributed by atoms with van der Waals surface area (Å²) in [5.74, 6) is -0.156. The summed E-state index contributed by atoms with van der Waals surface area (Å²) >= 11 is 0. The standard InChI is InChI=1S/C8H9NO3.C6H12O6.ClH/c1-5-8(12)7(4-11)6(3-10)2-9-5;7-1-2-3(8)4(9)5(10)6(11)12-2;/h2,4,10,12H,3H2,1H3;2-11H,1H2;1H/t;2-,3-,4+,5-,6?;/m.1./s1. The van der Waals surface area contributed by atoms with Crippen LogP contribution >= 0.6 is 12.4 Å². The van der Waals surface area contributed by atoms with Crippen molar-refractivity contribution in [1.29, 1.82) is 0 Å². The molecule has 1 aromatic heterocycles. The van der Waals surface area contributed by atoms with Gasteiger partial charge in [-0.05, 0) is 6.92 Å². The molecule has 0 spiro atoms. The molecule has 0 bridgehead atoms. The molecule has 11 heteroatoms. The van der Waals surface area contributed by atoms with Gasteiger partial charge in [0.2, 0.25) is 0 Å². The topological polar surface area (TPSA) is 181 Å². The molecule has 25 heavy (non-hydrogen) atoms. The number of nitrogens with zero attached hydrogens (tertiary/aromatic N) is 1. The van der Waals surface area contributed by atoms with Crippen molar-refractivity contribution in [2.75, 3.05) is 6.61 Å². The number of aromatic hydroxyl groups is 1. The van der Waals surface area contributed by atoms with Gasteiger partial charge in [-0.2, -0.15) is 0 Å². The fraction of sp³-hybridized carbons (Fsp3) is 0.571. The van der Waals surface area contributed by atoms with E-state index in [2.05, 4.69) is 9.72 Å². The van der Waals surface area contributed by atoms with E-state index in [1.165, 1.54) is 6.20 Å². The SMILES string of the molecule is Cc1ncc(CO)c(C=O)c1O.Cl.OC[C@H]1OC(O)[C@H](O)[C@@H](O)[C@@H]1O. The third-order valence-corrected chi connectivity index (χ3v) is 3.51. The van der Waals surface area contributed by atoms with Crippen LogP contribution < -0.4 is 0 Å². The normalized spacial score (nSPS) is 28.4. The fourth-order valence-electron chi connectivity index (χ4n) is 1.99. The molecule has 2 rings (SSSR count). The van der Waals surface area contributed by atoms with Crippen molar-refractivity contribution < 1.29 is 45.3 Å². The Hall–Kier alpha value is -1.37. The van der Waals surface area contributed by atoms with Gasteiger partial charge in [0.1, 0.15) is 30.2 Å². The number of aliphatic hydroxyl groups is 6. The number of carbonyl (C=O) groups excluding carboxylic acids is 1. The number of aromatic nitrogens is 1. The smallest absolute Gasteiger partial charge is 0.184 e. The molecule has 0 aliphatic carbocycles. The van der Waals surface area contributed by atoms with Crippen LogP contribution in [0.25, 0.3) is 0 Å². The van der Waals surface area contributed by atoms with Crippen LogP contribution in [0.2, 0.25) is 0 Å². The van der Waals surface area contributed by atoms with Gasteiger partial charge in [-0.15, -0.1) is 12.4 Å². The molecule has 5 atom stereocenters. The van der Waals surface area contributed by atoms with Crippen molar-refractivity contribution in [3.8, 4) is 5.75 Å². The molecule has 1 aliphatic rings. The highest BCUT2D eigenvalue weighted by Crippen LogP contribution is 2.21. The Labute approximate surface area is 149 Å². The minimum Gasteiger partial charge on any atom is -0.505 e. The molecular formula is C14H22ClNO9. The largest absolute Gasteiger partial charge is 0.505 e. The van der Waals surface area contributed by atoms with Gasteiger partial charge in [-0.25, -0.2) is 0 Å². The summed E-state index contributed by atoms with van der Waals surface area (Å²) in [5, 5.41) is 62.7. The van der Waals surface area contributed by atoms with E-state index >= 15 is 0 Å². The van der Waals surface area contributed by atoms with E-state index in [4.69, 9.17) is 30.6 Å². The maximum atomic E-state index is 10.5. The molecule has 1 fully saturated rings. The molecule has 10 nitrogen and oxygen atoms in total. The molecule has 1 saturated heterocycles. The minimum atomic E-state index is -1.57. The van der Waals surface area contributed by atoms with E-state index in [1.54, 1.807) is 6.92 Å². The van der Waals surface area contributed by atoms with Gasteiger partial charge >= 0.3 is 0 Å². The number of pyridine rings is 1. The summed E-state index contributed by atoms with van der Waals surface area (Å²) in [6.07, 6.45) is -5.16. The molecule has 0 radical (unpaired) electrons. The van der Waals surface area contributed by atoms with Crippen LogP contribution in [-0.2, 0) is 11.3 Å². The Bertz CT molecular complexity index is 555. The Morgan fingerprint density at radius 3 is 2.24 bits per heavy atom. The lowest BCUT2D eigenvalue weighted by Crippen LogP contribution is -2.58. The average molecular weight is 384 g/mol. The Kier molecular flexibility index (Phi) is 10.0. The number of carbonyl (C=O) groups is 1.